The van der Waals surface area contributed by atoms with Crippen molar-refractivity contribution < 1.29 is 4.79 Å². The lowest BCUT2D eigenvalue weighted by molar-refractivity contribution is -0.139. The van der Waals surface area contributed by atoms with Crippen molar-refractivity contribution in [3.8, 4) is 0 Å². The van der Waals surface area contributed by atoms with Gasteiger partial charge in [-0.1, -0.05) is 31.4 Å². The second-order valence-electron chi connectivity index (χ2n) is 7.30. The van der Waals surface area contributed by atoms with Crippen molar-refractivity contribution in [2.24, 2.45) is 5.73 Å². The van der Waals surface area contributed by atoms with Crippen LogP contribution in [0.2, 0.25) is 0 Å². The number of aryl methyl sites for hydroxylation is 1. The monoisotopic (exact) mass is 387 g/mol. The Morgan fingerprint density at radius 2 is 1.80 bits per heavy atom. The van der Waals surface area contributed by atoms with Crippen LogP contribution in [-0.2, 0) is 4.79 Å². The highest BCUT2D eigenvalue weighted by Crippen LogP contribution is 2.29. The van der Waals surface area contributed by atoms with E-state index in [-0.39, 0.29) is 30.7 Å². The quantitative estimate of drug-likeness (QED) is 0.826. The number of piperidine rings is 1. The first-order chi connectivity index (χ1) is 11.1. The summed E-state index contributed by atoms with van der Waals surface area (Å²) in [6.45, 7) is 3.75. The number of benzene rings is 1. The molecule has 0 radical (unpaired) electrons. The van der Waals surface area contributed by atoms with Crippen LogP contribution in [0.15, 0.2) is 24.3 Å². The molecule has 0 spiro atoms. The van der Waals surface area contributed by atoms with Crippen molar-refractivity contribution >= 4 is 36.4 Å². The molecule has 1 amide bonds. The summed E-state index contributed by atoms with van der Waals surface area (Å²) in [6, 6.07) is 8.92. The molecule has 0 aromatic heterocycles. The molecule has 1 aromatic rings. The largest absolute Gasteiger partial charge is 0.382 e. The molecule has 2 aliphatic rings. The van der Waals surface area contributed by atoms with Gasteiger partial charge in [-0.05, 0) is 50.3 Å². The van der Waals surface area contributed by atoms with Gasteiger partial charge in [-0.2, -0.15) is 0 Å². The molecule has 3 N–H and O–H groups in total. The number of halogens is 2. The molecule has 1 aromatic carbocycles. The molecule has 1 heterocycles. The summed E-state index contributed by atoms with van der Waals surface area (Å²) >= 11 is 0. The Hall–Kier alpha value is -0.970. The second-order valence-corrected chi connectivity index (χ2v) is 7.30. The maximum Gasteiger partial charge on any atom is 0.242 e. The van der Waals surface area contributed by atoms with E-state index in [4.69, 9.17) is 5.73 Å². The molecular weight excluding hydrogens is 357 g/mol. The SMILES string of the molecule is Cc1cccc(NC2CCN(C(=O)C3(N)CCCCC3)CC2)c1.Cl.Cl. The molecule has 1 aliphatic carbocycles. The number of carbonyl (C=O) groups is 1. The van der Waals surface area contributed by atoms with E-state index in [0.29, 0.717) is 6.04 Å². The van der Waals surface area contributed by atoms with Gasteiger partial charge in [0.2, 0.25) is 5.91 Å². The average Bonchev–Trinajstić information content (AvgIpc) is 2.56. The third-order valence-corrected chi connectivity index (χ3v) is 5.34. The van der Waals surface area contributed by atoms with Crippen LogP contribution in [0, 0.1) is 6.92 Å². The third kappa shape index (κ3) is 5.50. The topological polar surface area (TPSA) is 58.4 Å². The number of amides is 1. The predicted molar refractivity (Wildman–Crippen MR) is 109 cm³/mol. The van der Waals surface area contributed by atoms with Crippen molar-refractivity contribution in [1.82, 2.24) is 4.90 Å². The Kier molecular flexibility index (Phi) is 8.52. The summed E-state index contributed by atoms with van der Waals surface area (Å²) in [5, 5.41) is 3.60. The molecule has 3 rings (SSSR count). The van der Waals surface area contributed by atoms with Crippen LogP contribution >= 0.6 is 24.8 Å². The summed E-state index contributed by atoms with van der Waals surface area (Å²) in [7, 11) is 0. The van der Waals surface area contributed by atoms with Gasteiger partial charge in [-0.25, -0.2) is 0 Å². The van der Waals surface area contributed by atoms with Gasteiger partial charge in [0.25, 0.3) is 0 Å². The van der Waals surface area contributed by atoms with E-state index in [1.165, 1.54) is 17.7 Å². The normalized spacial score (nSPS) is 20.2. The van der Waals surface area contributed by atoms with Gasteiger partial charge in [0.15, 0.2) is 0 Å². The lowest BCUT2D eigenvalue weighted by atomic mass is 9.81. The van der Waals surface area contributed by atoms with E-state index in [9.17, 15) is 4.79 Å². The molecule has 1 saturated heterocycles. The van der Waals surface area contributed by atoms with Crippen LogP contribution in [-0.4, -0.2) is 35.5 Å². The predicted octanol–water partition coefficient (Wildman–Crippen LogP) is 3.90. The molecule has 142 valence electrons. The first-order valence-corrected chi connectivity index (χ1v) is 8.98. The average molecular weight is 388 g/mol. The molecule has 0 atom stereocenters. The number of hydrogen-bond donors (Lipinski definition) is 2. The van der Waals surface area contributed by atoms with Gasteiger partial charge in [0, 0.05) is 24.8 Å². The standard InChI is InChI=1S/C19H29N3O.2ClH/c1-15-6-5-7-17(14-15)21-16-8-12-22(13-9-16)18(23)19(20)10-3-2-4-11-19;;/h5-7,14,16,21H,2-4,8-13,20H2,1H3;2*1H. The Morgan fingerprint density at radius 1 is 1.16 bits per heavy atom. The summed E-state index contributed by atoms with van der Waals surface area (Å²) < 4.78 is 0. The summed E-state index contributed by atoms with van der Waals surface area (Å²) in [5.74, 6) is 0.186. The number of nitrogens with two attached hydrogens (primary N) is 1. The number of rotatable bonds is 3. The molecule has 2 fully saturated rings. The van der Waals surface area contributed by atoms with Crippen LogP contribution in [0.3, 0.4) is 0 Å². The second kappa shape index (κ2) is 9.65. The Balaban J connectivity index is 0.00000156. The summed E-state index contributed by atoms with van der Waals surface area (Å²) in [5.41, 5.74) is 8.26. The number of nitrogens with zero attached hydrogens (tertiary/aromatic N) is 1. The number of anilines is 1. The fourth-order valence-electron chi connectivity index (χ4n) is 3.91. The molecule has 0 unspecified atom stereocenters. The van der Waals surface area contributed by atoms with Gasteiger partial charge < -0.3 is 16.0 Å². The van der Waals surface area contributed by atoms with Crippen molar-refractivity contribution in [2.75, 3.05) is 18.4 Å². The van der Waals surface area contributed by atoms with Gasteiger partial charge in [-0.15, -0.1) is 24.8 Å². The van der Waals surface area contributed by atoms with Gasteiger partial charge in [0.05, 0.1) is 5.54 Å². The van der Waals surface area contributed by atoms with Crippen molar-refractivity contribution in [1.29, 1.82) is 0 Å². The van der Waals surface area contributed by atoms with Crippen LogP contribution < -0.4 is 11.1 Å². The zero-order valence-corrected chi connectivity index (χ0v) is 16.6. The number of likely N-dealkylation sites (tertiary alicyclic amines) is 1. The number of carbonyl (C=O) groups excluding carboxylic acids is 1. The maximum absolute atomic E-state index is 12.8. The van der Waals surface area contributed by atoms with Crippen molar-refractivity contribution in [2.45, 2.75) is 63.5 Å². The molecule has 1 aliphatic heterocycles. The van der Waals surface area contributed by atoms with Gasteiger partial charge in [0.1, 0.15) is 0 Å². The smallest absolute Gasteiger partial charge is 0.242 e. The minimum atomic E-state index is -0.588. The highest BCUT2D eigenvalue weighted by atomic mass is 35.5. The van der Waals surface area contributed by atoms with Crippen LogP contribution in [0.4, 0.5) is 5.69 Å². The minimum absolute atomic E-state index is 0. The van der Waals surface area contributed by atoms with E-state index in [0.717, 1.165) is 51.6 Å². The highest BCUT2D eigenvalue weighted by molar-refractivity contribution is 5.86. The number of hydrogen-bond acceptors (Lipinski definition) is 3. The maximum atomic E-state index is 12.8. The van der Waals surface area contributed by atoms with Crippen LogP contribution in [0.25, 0.3) is 0 Å². The molecule has 6 heteroatoms. The van der Waals surface area contributed by atoms with E-state index >= 15 is 0 Å². The summed E-state index contributed by atoms with van der Waals surface area (Å²) in [4.78, 5) is 14.8. The third-order valence-electron chi connectivity index (χ3n) is 5.34. The molecular formula is C19H31Cl2N3O. The lowest BCUT2D eigenvalue weighted by Crippen LogP contribution is -2.58. The molecule has 4 nitrogen and oxygen atoms in total. The number of nitrogens with one attached hydrogen (secondary N) is 1. The first-order valence-electron chi connectivity index (χ1n) is 8.98. The zero-order chi connectivity index (χ0) is 16.3. The van der Waals surface area contributed by atoms with Crippen LogP contribution in [0.5, 0.6) is 0 Å². The Labute approximate surface area is 163 Å². The van der Waals surface area contributed by atoms with Crippen molar-refractivity contribution in [3.63, 3.8) is 0 Å². The first kappa shape index (κ1) is 22.1. The van der Waals surface area contributed by atoms with E-state index in [1.54, 1.807) is 0 Å². The Bertz CT molecular complexity index is 553. The van der Waals surface area contributed by atoms with E-state index < -0.39 is 5.54 Å². The fourth-order valence-corrected chi connectivity index (χ4v) is 3.91. The van der Waals surface area contributed by atoms with Gasteiger partial charge in [-0.3, -0.25) is 4.79 Å². The van der Waals surface area contributed by atoms with E-state index in [2.05, 4.69) is 36.5 Å². The molecule has 1 saturated carbocycles. The highest BCUT2D eigenvalue weighted by Gasteiger charge is 2.39. The van der Waals surface area contributed by atoms with Crippen LogP contribution in [0.1, 0.15) is 50.5 Å². The summed E-state index contributed by atoms with van der Waals surface area (Å²) in [6.07, 6.45) is 7.10. The van der Waals surface area contributed by atoms with Gasteiger partial charge >= 0.3 is 0 Å². The van der Waals surface area contributed by atoms with Crippen molar-refractivity contribution in [3.05, 3.63) is 29.8 Å². The Morgan fingerprint density at radius 3 is 2.40 bits per heavy atom. The minimum Gasteiger partial charge on any atom is -0.382 e. The lowest BCUT2D eigenvalue weighted by Gasteiger charge is -2.40. The fraction of sp³-hybridized carbons (Fsp3) is 0.632. The molecule has 0 bridgehead atoms. The molecule has 25 heavy (non-hydrogen) atoms. The van der Waals surface area contributed by atoms with E-state index in [1.807, 2.05) is 4.90 Å². The zero-order valence-electron chi connectivity index (χ0n) is 15.0.